The molecule has 0 heterocycles. The van der Waals surface area contributed by atoms with E-state index in [1.807, 2.05) is 6.92 Å². The summed E-state index contributed by atoms with van der Waals surface area (Å²) < 4.78 is 21.5. The number of hydrogen-bond donors (Lipinski definition) is 1. The van der Waals surface area contributed by atoms with E-state index < -0.39 is 11.9 Å². The van der Waals surface area contributed by atoms with Gasteiger partial charge in [0.15, 0.2) is 18.1 Å². The number of carbonyl (C=O) groups is 2. The molecular formula is C25H23ClN2O6. The van der Waals surface area contributed by atoms with Crippen LogP contribution in [0.1, 0.15) is 22.8 Å². The van der Waals surface area contributed by atoms with E-state index in [1.54, 1.807) is 73.8 Å². The largest absolute Gasteiger partial charge is 0.497 e. The summed E-state index contributed by atoms with van der Waals surface area (Å²) in [6.07, 6.45) is 1.44. The number of esters is 1. The molecule has 3 rings (SSSR count). The van der Waals surface area contributed by atoms with Crippen LogP contribution in [-0.2, 0) is 4.79 Å². The number of nitrogens with zero attached hydrogens (tertiary/aromatic N) is 1. The molecule has 0 saturated carbocycles. The van der Waals surface area contributed by atoms with Crippen LogP contribution >= 0.6 is 11.6 Å². The first-order valence-electron chi connectivity index (χ1n) is 10.3. The minimum Gasteiger partial charge on any atom is -0.497 e. The van der Waals surface area contributed by atoms with Gasteiger partial charge in [0.2, 0.25) is 0 Å². The molecule has 0 aliphatic heterocycles. The molecule has 0 atom stereocenters. The van der Waals surface area contributed by atoms with Crippen LogP contribution in [0, 0.1) is 0 Å². The molecule has 0 fully saturated rings. The smallest absolute Gasteiger partial charge is 0.343 e. The second-order valence-corrected chi connectivity index (χ2v) is 7.23. The van der Waals surface area contributed by atoms with E-state index >= 15 is 0 Å². The lowest BCUT2D eigenvalue weighted by atomic mass is 10.2. The monoisotopic (exact) mass is 482 g/mol. The van der Waals surface area contributed by atoms with Crippen molar-refractivity contribution in [2.45, 2.75) is 6.92 Å². The van der Waals surface area contributed by atoms with Gasteiger partial charge < -0.3 is 18.9 Å². The number of amides is 1. The van der Waals surface area contributed by atoms with Crippen LogP contribution in [0.4, 0.5) is 0 Å². The minimum atomic E-state index is -0.539. The van der Waals surface area contributed by atoms with E-state index in [4.69, 9.17) is 30.5 Å². The molecule has 0 bridgehead atoms. The predicted molar refractivity (Wildman–Crippen MR) is 128 cm³/mol. The minimum absolute atomic E-state index is 0.201. The molecule has 1 N–H and O–H groups in total. The van der Waals surface area contributed by atoms with Crippen LogP contribution in [0.25, 0.3) is 0 Å². The summed E-state index contributed by atoms with van der Waals surface area (Å²) in [5.41, 5.74) is 3.38. The number of hydrazone groups is 1. The molecule has 3 aromatic carbocycles. The summed E-state index contributed by atoms with van der Waals surface area (Å²) in [5, 5.41) is 4.45. The average molecular weight is 483 g/mol. The summed E-state index contributed by atoms with van der Waals surface area (Å²) in [5.74, 6) is 0.885. The van der Waals surface area contributed by atoms with Crippen LogP contribution in [0.5, 0.6) is 23.0 Å². The number of nitrogens with one attached hydrogen (secondary N) is 1. The first kappa shape index (κ1) is 24.6. The van der Waals surface area contributed by atoms with E-state index in [-0.39, 0.29) is 12.4 Å². The van der Waals surface area contributed by atoms with Crippen molar-refractivity contribution in [2.24, 2.45) is 5.10 Å². The first-order valence-corrected chi connectivity index (χ1v) is 10.7. The lowest BCUT2D eigenvalue weighted by Gasteiger charge is -2.11. The van der Waals surface area contributed by atoms with Crippen molar-refractivity contribution < 1.29 is 28.5 Å². The molecule has 0 unspecified atom stereocenters. The standard InChI is InChI=1S/C25H23ClN2O6/c1-3-32-23-14-17(4-13-22(23)34-25(30)18-5-7-19(26)8-6-18)15-27-28-24(29)16-33-21-11-9-20(31-2)10-12-21/h4-15H,3,16H2,1-2H3,(H,28,29). The van der Waals surface area contributed by atoms with Gasteiger partial charge in [0, 0.05) is 5.02 Å². The quantitative estimate of drug-likeness (QED) is 0.198. The number of halogens is 1. The molecule has 0 aromatic heterocycles. The predicted octanol–water partition coefficient (Wildman–Crippen LogP) is 4.50. The fourth-order valence-corrected chi connectivity index (χ4v) is 2.86. The van der Waals surface area contributed by atoms with Gasteiger partial charge in [0.25, 0.3) is 5.91 Å². The first-order chi connectivity index (χ1) is 16.5. The maximum Gasteiger partial charge on any atom is 0.343 e. The van der Waals surface area contributed by atoms with Crippen LogP contribution in [0.2, 0.25) is 5.02 Å². The topological polar surface area (TPSA) is 95.5 Å². The molecule has 3 aromatic rings. The fraction of sp³-hybridized carbons (Fsp3) is 0.160. The highest BCUT2D eigenvalue weighted by molar-refractivity contribution is 6.30. The fourth-order valence-electron chi connectivity index (χ4n) is 2.73. The number of rotatable bonds is 10. The van der Waals surface area contributed by atoms with Crippen molar-refractivity contribution in [1.29, 1.82) is 0 Å². The van der Waals surface area contributed by atoms with Gasteiger partial charge in [-0.2, -0.15) is 5.10 Å². The number of methoxy groups -OCH3 is 1. The van der Waals surface area contributed by atoms with Gasteiger partial charge in [0.1, 0.15) is 11.5 Å². The second kappa shape index (κ2) is 12.3. The van der Waals surface area contributed by atoms with Crippen LogP contribution in [-0.4, -0.2) is 38.4 Å². The normalized spacial score (nSPS) is 10.6. The summed E-state index contributed by atoms with van der Waals surface area (Å²) in [4.78, 5) is 24.4. The molecule has 0 aliphatic carbocycles. The van der Waals surface area contributed by atoms with E-state index in [1.165, 1.54) is 6.21 Å². The van der Waals surface area contributed by atoms with Gasteiger partial charge in [0.05, 0.1) is 25.5 Å². The third-order valence-corrected chi connectivity index (χ3v) is 4.63. The van der Waals surface area contributed by atoms with Crippen LogP contribution < -0.4 is 24.4 Å². The third kappa shape index (κ3) is 7.25. The van der Waals surface area contributed by atoms with E-state index in [0.717, 1.165) is 0 Å². The number of ether oxygens (including phenoxy) is 4. The van der Waals surface area contributed by atoms with Crippen molar-refractivity contribution in [2.75, 3.05) is 20.3 Å². The Labute approximate surface area is 202 Å². The van der Waals surface area contributed by atoms with Gasteiger partial charge >= 0.3 is 5.97 Å². The van der Waals surface area contributed by atoms with Gasteiger partial charge in [-0.15, -0.1) is 0 Å². The highest BCUT2D eigenvalue weighted by Gasteiger charge is 2.13. The van der Waals surface area contributed by atoms with E-state index in [2.05, 4.69) is 10.5 Å². The maximum absolute atomic E-state index is 12.4. The summed E-state index contributed by atoms with van der Waals surface area (Å²) in [6.45, 7) is 1.98. The molecule has 0 saturated heterocycles. The highest BCUT2D eigenvalue weighted by atomic mass is 35.5. The Kier molecular flexibility index (Phi) is 8.88. The van der Waals surface area contributed by atoms with Crippen molar-refractivity contribution in [3.05, 3.63) is 82.9 Å². The Bertz CT molecular complexity index is 1150. The Morgan fingerprint density at radius 2 is 1.65 bits per heavy atom. The van der Waals surface area contributed by atoms with Crippen molar-refractivity contribution in [3.63, 3.8) is 0 Å². The third-order valence-electron chi connectivity index (χ3n) is 4.38. The molecule has 34 heavy (non-hydrogen) atoms. The molecule has 1 amide bonds. The Morgan fingerprint density at radius 3 is 2.32 bits per heavy atom. The number of carbonyl (C=O) groups excluding carboxylic acids is 2. The summed E-state index contributed by atoms with van der Waals surface area (Å²) in [7, 11) is 1.57. The van der Waals surface area contributed by atoms with Crippen LogP contribution in [0.15, 0.2) is 71.8 Å². The molecule has 9 heteroatoms. The zero-order valence-electron chi connectivity index (χ0n) is 18.6. The molecule has 0 aliphatic rings. The van der Waals surface area contributed by atoms with Gasteiger partial charge in [-0.25, -0.2) is 10.2 Å². The van der Waals surface area contributed by atoms with Gasteiger partial charge in [-0.05, 0) is 79.2 Å². The van der Waals surface area contributed by atoms with E-state index in [0.29, 0.717) is 40.0 Å². The summed E-state index contributed by atoms with van der Waals surface area (Å²) in [6, 6.07) is 18.2. The van der Waals surface area contributed by atoms with Gasteiger partial charge in [-0.3, -0.25) is 4.79 Å². The SMILES string of the molecule is CCOc1cc(C=NNC(=O)COc2ccc(OC)cc2)ccc1OC(=O)c1ccc(Cl)cc1. The zero-order valence-corrected chi connectivity index (χ0v) is 19.4. The molecule has 176 valence electrons. The Morgan fingerprint density at radius 1 is 0.941 bits per heavy atom. The van der Waals surface area contributed by atoms with Crippen molar-refractivity contribution in [1.82, 2.24) is 5.43 Å². The lowest BCUT2D eigenvalue weighted by Crippen LogP contribution is -2.24. The molecule has 0 spiro atoms. The molecular weight excluding hydrogens is 460 g/mol. The number of benzene rings is 3. The van der Waals surface area contributed by atoms with Crippen molar-refractivity contribution in [3.8, 4) is 23.0 Å². The van der Waals surface area contributed by atoms with Crippen molar-refractivity contribution >= 4 is 29.7 Å². The second-order valence-electron chi connectivity index (χ2n) is 6.79. The average Bonchev–Trinajstić information content (AvgIpc) is 2.85. The van der Waals surface area contributed by atoms with Crippen LogP contribution in [0.3, 0.4) is 0 Å². The van der Waals surface area contributed by atoms with Gasteiger partial charge in [-0.1, -0.05) is 11.6 Å². The molecule has 0 radical (unpaired) electrons. The summed E-state index contributed by atoms with van der Waals surface area (Å²) >= 11 is 5.86. The lowest BCUT2D eigenvalue weighted by molar-refractivity contribution is -0.123. The molecule has 8 nitrogen and oxygen atoms in total. The highest BCUT2D eigenvalue weighted by Crippen LogP contribution is 2.29. The maximum atomic E-state index is 12.4. The zero-order chi connectivity index (χ0) is 24.3. The number of hydrogen-bond acceptors (Lipinski definition) is 7. The van der Waals surface area contributed by atoms with E-state index in [9.17, 15) is 9.59 Å². The Balaban J connectivity index is 1.57. The Hall–Kier alpha value is -4.04.